The van der Waals surface area contributed by atoms with Gasteiger partial charge in [0.1, 0.15) is 0 Å². The van der Waals surface area contributed by atoms with Gasteiger partial charge in [-0.2, -0.15) is 0 Å². The van der Waals surface area contributed by atoms with Crippen molar-refractivity contribution in [1.29, 1.82) is 0 Å². The number of hydrogen-bond donors (Lipinski definition) is 0. The molecule has 68 valence electrons. The Morgan fingerprint density at radius 2 is 2.17 bits per heavy atom. The zero-order valence-electron chi connectivity index (χ0n) is 7.67. The maximum atomic E-state index is 11.1. The summed E-state index contributed by atoms with van der Waals surface area (Å²) >= 11 is 0. The van der Waals surface area contributed by atoms with Gasteiger partial charge >= 0.3 is 0 Å². The van der Waals surface area contributed by atoms with Crippen LogP contribution in [0.1, 0.15) is 26.7 Å². The molecule has 0 bridgehead atoms. The lowest BCUT2D eigenvalue weighted by atomic mass is 10.1. The summed E-state index contributed by atoms with van der Waals surface area (Å²) in [5.41, 5.74) is 0. The van der Waals surface area contributed by atoms with E-state index in [1.165, 1.54) is 0 Å². The number of rotatable bonds is 3. The molecule has 0 aliphatic carbocycles. The van der Waals surface area contributed by atoms with E-state index >= 15 is 0 Å². The smallest absolute Gasteiger partial charge is 0.230 e. The van der Waals surface area contributed by atoms with Crippen molar-refractivity contribution in [2.45, 2.75) is 26.7 Å². The lowest BCUT2D eigenvalue weighted by molar-refractivity contribution is -0.128. The van der Waals surface area contributed by atoms with Gasteiger partial charge in [-0.05, 0) is 5.92 Å². The fourth-order valence-corrected chi connectivity index (χ4v) is 1.31. The lowest BCUT2D eigenvalue weighted by Gasteiger charge is -2.18. The molecule has 1 amide bonds. The molecule has 0 radical (unpaired) electrons. The van der Waals surface area contributed by atoms with Crippen molar-refractivity contribution in [1.82, 2.24) is 4.90 Å². The van der Waals surface area contributed by atoms with Crippen LogP contribution in [0, 0.1) is 5.92 Å². The van der Waals surface area contributed by atoms with Crippen LogP contribution < -0.4 is 0 Å². The fourth-order valence-electron chi connectivity index (χ4n) is 1.31. The second kappa shape index (κ2) is 3.70. The van der Waals surface area contributed by atoms with Crippen molar-refractivity contribution in [3.8, 4) is 0 Å². The molecule has 0 aromatic heterocycles. The van der Waals surface area contributed by atoms with E-state index in [1.807, 2.05) is 0 Å². The second-order valence-corrected chi connectivity index (χ2v) is 3.50. The molecule has 1 saturated heterocycles. The molecule has 1 rings (SSSR count). The van der Waals surface area contributed by atoms with E-state index in [0.29, 0.717) is 12.5 Å². The SMILES string of the molecule is CCC(C)CN1CC(=O)CC1=O. The highest BCUT2D eigenvalue weighted by atomic mass is 16.2. The van der Waals surface area contributed by atoms with E-state index in [2.05, 4.69) is 13.8 Å². The van der Waals surface area contributed by atoms with Gasteiger partial charge in [0.25, 0.3) is 0 Å². The number of carbonyl (C=O) groups excluding carboxylic acids is 2. The molecule has 0 saturated carbocycles. The summed E-state index contributed by atoms with van der Waals surface area (Å²) in [4.78, 5) is 23.7. The number of Topliss-reactive ketones (excluding diaryl/α,β-unsaturated/α-hetero) is 1. The number of hydrogen-bond acceptors (Lipinski definition) is 2. The van der Waals surface area contributed by atoms with E-state index in [0.717, 1.165) is 13.0 Å². The summed E-state index contributed by atoms with van der Waals surface area (Å²) in [7, 11) is 0. The van der Waals surface area contributed by atoms with E-state index in [-0.39, 0.29) is 18.1 Å². The monoisotopic (exact) mass is 169 g/mol. The van der Waals surface area contributed by atoms with Gasteiger partial charge in [0, 0.05) is 6.54 Å². The van der Waals surface area contributed by atoms with Crippen LogP contribution >= 0.6 is 0 Å². The molecule has 1 atom stereocenters. The summed E-state index contributed by atoms with van der Waals surface area (Å²) < 4.78 is 0. The van der Waals surface area contributed by atoms with Crippen molar-refractivity contribution in [2.75, 3.05) is 13.1 Å². The topological polar surface area (TPSA) is 37.4 Å². The molecular formula is C9H15NO2. The van der Waals surface area contributed by atoms with Gasteiger partial charge in [-0.25, -0.2) is 0 Å². The number of nitrogens with zero attached hydrogens (tertiary/aromatic N) is 1. The Kier molecular flexibility index (Phi) is 2.84. The number of carbonyl (C=O) groups is 2. The maximum absolute atomic E-state index is 11.1. The van der Waals surface area contributed by atoms with Crippen molar-refractivity contribution in [3.63, 3.8) is 0 Å². The van der Waals surface area contributed by atoms with Crippen LogP contribution in [-0.4, -0.2) is 29.7 Å². The van der Waals surface area contributed by atoms with Crippen molar-refractivity contribution in [3.05, 3.63) is 0 Å². The highest BCUT2D eigenvalue weighted by molar-refractivity contribution is 6.05. The Bertz CT molecular complexity index is 201. The first-order valence-electron chi connectivity index (χ1n) is 4.43. The zero-order valence-corrected chi connectivity index (χ0v) is 7.67. The van der Waals surface area contributed by atoms with Gasteiger partial charge in [0.15, 0.2) is 5.78 Å². The molecule has 1 unspecified atom stereocenters. The van der Waals surface area contributed by atoms with Crippen LogP contribution in [-0.2, 0) is 9.59 Å². The minimum Gasteiger partial charge on any atom is -0.335 e. The standard InChI is InChI=1S/C9H15NO2/c1-3-7(2)5-10-6-8(11)4-9(10)12/h7H,3-6H2,1-2H3. The van der Waals surface area contributed by atoms with Crippen molar-refractivity contribution in [2.24, 2.45) is 5.92 Å². The third kappa shape index (κ3) is 2.06. The molecule has 3 heteroatoms. The molecule has 0 spiro atoms. The predicted octanol–water partition coefficient (Wildman–Crippen LogP) is 0.834. The first kappa shape index (κ1) is 9.23. The van der Waals surface area contributed by atoms with E-state index in [9.17, 15) is 9.59 Å². The summed E-state index contributed by atoms with van der Waals surface area (Å²) in [5, 5.41) is 0. The molecule has 1 heterocycles. The van der Waals surface area contributed by atoms with Gasteiger partial charge < -0.3 is 4.90 Å². The van der Waals surface area contributed by atoms with Gasteiger partial charge in [0.2, 0.25) is 5.91 Å². The largest absolute Gasteiger partial charge is 0.335 e. The first-order chi connectivity index (χ1) is 5.63. The van der Waals surface area contributed by atoms with Crippen LogP contribution in [0.25, 0.3) is 0 Å². The van der Waals surface area contributed by atoms with Gasteiger partial charge in [-0.15, -0.1) is 0 Å². The summed E-state index contributed by atoms with van der Waals surface area (Å²) in [6, 6.07) is 0. The molecule has 3 nitrogen and oxygen atoms in total. The van der Waals surface area contributed by atoms with Crippen LogP contribution in [0.15, 0.2) is 0 Å². The lowest BCUT2D eigenvalue weighted by Crippen LogP contribution is -2.29. The summed E-state index contributed by atoms with van der Waals surface area (Å²) in [6.45, 7) is 5.26. The maximum Gasteiger partial charge on any atom is 0.230 e. The van der Waals surface area contributed by atoms with Gasteiger partial charge in [0.05, 0.1) is 13.0 Å². The molecule has 0 aromatic carbocycles. The Labute approximate surface area is 72.7 Å². The highest BCUT2D eigenvalue weighted by Crippen LogP contribution is 2.11. The molecule has 1 aliphatic rings. The third-order valence-electron chi connectivity index (χ3n) is 2.30. The average Bonchev–Trinajstić information content (AvgIpc) is 2.30. The number of amides is 1. The first-order valence-corrected chi connectivity index (χ1v) is 4.43. The Hall–Kier alpha value is -0.860. The van der Waals surface area contributed by atoms with Crippen molar-refractivity contribution >= 4 is 11.7 Å². The van der Waals surface area contributed by atoms with E-state index in [4.69, 9.17) is 0 Å². The molecule has 1 fully saturated rings. The molecule has 0 N–H and O–H groups in total. The van der Waals surface area contributed by atoms with Crippen LogP contribution in [0.3, 0.4) is 0 Å². The number of ketones is 1. The van der Waals surface area contributed by atoms with Gasteiger partial charge in [-0.3, -0.25) is 9.59 Å². The van der Waals surface area contributed by atoms with E-state index in [1.54, 1.807) is 4.90 Å². The predicted molar refractivity (Wildman–Crippen MR) is 45.7 cm³/mol. The van der Waals surface area contributed by atoms with Crippen LogP contribution in [0.2, 0.25) is 0 Å². The Morgan fingerprint density at radius 1 is 1.50 bits per heavy atom. The quantitative estimate of drug-likeness (QED) is 0.587. The van der Waals surface area contributed by atoms with Gasteiger partial charge in [-0.1, -0.05) is 20.3 Å². The number of likely N-dealkylation sites (tertiary alicyclic amines) is 1. The molecular weight excluding hydrogens is 154 g/mol. The Morgan fingerprint density at radius 3 is 2.58 bits per heavy atom. The summed E-state index contributed by atoms with van der Waals surface area (Å²) in [6.07, 6.45) is 1.18. The molecule has 1 aliphatic heterocycles. The Balaban J connectivity index is 2.43. The molecule has 12 heavy (non-hydrogen) atoms. The van der Waals surface area contributed by atoms with Crippen molar-refractivity contribution < 1.29 is 9.59 Å². The minimum atomic E-state index is 0.000278. The average molecular weight is 169 g/mol. The normalized spacial score (nSPS) is 20.3. The zero-order chi connectivity index (χ0) is 9.14. The second-order valence-electron chi connectivity index (χ2n) is 3.50. The minimum absolute atomic E-state index is 0.000278. The van der Waals surface area contributed by atoms with E-state index < -0.39 is 0 Å². The highest BCUT2D eigenvalue weighted by Gasteiger charge is 2.27. The van der Waals surface area contributed by atoms with Crippen LogP contribution in [0.5, 0.6) is 0 Å². The fraction of sp³-hybridized carbons (Fsp3) is 0.778. The third-order valence-corrected chi connectivity index (χ3v) is 2.30. The van der Waals surface area contributed by atoms with Crippen LogP contribution in [0.4, 0.5) is 0 Å². The molecule has 0 aromatic rings. The summed E-state index contributed by atoms with van der Waals surface area (Å²) in [5.74, 6) is 0.559.